The van der Waals surface area contributed by atoms with E-state index in [9.17, 15) is 4.79 Å². The minimum atomic E-state index is -0.289. The van der Waals surface area contributed by atoms with Crippen LogP contribution in [-0.2, 0) is 4.79 Å². The summed E-state index contributed by atoms with van der Waals surface area (Å²) in [6, 6.07) is 19.9. The Bertz CT molecular complexity index is 1390. The molecule has 2 aromatic carbocycles. The summed E-state index contributed by atoms with van der Waals surface area (Å²) in [6.45, 7) is 4.21. The zero-order valence-electron chi connectivity index (χ0n) is 17.9. The Labute approximate surface area is 185 Å². The van der Waals surface area contributed by atoms with Gasteiger partial charge in [-0.25, -0.2) is 14.5 Å². The molecule has 0 amide bonds. The molecule has 1 aliphatic carbocycles. The lowest BCUT2D eigenvalue weighted by molar-refractivity contribution is -0.118. The molecule has 1 aliphatic heterocycles. The molecule has 0 unspecified atom stereocenters. The van der Waals surface area contributed by atoms with Gasteiger partial charge in [-0.2, -0.15) is 0 Å². The van der Waals surface area contributed by atoms with Gasteiger partial charge >= 0.3 is 0 Å². The molecule has 0 spiro atoms. The number of fused-ring (bicyclic) bond motifs is 3. The van der Waals surface area contributed by atoms with Crippen molar-refractivity contribution in [2.45, 2.75) is 32.6 Å². The van der Waals surface area contributed by atoms with Crippen LogP contribution in [0.25, 0.3) is 17.0 Å². The number of hydrogen-bond acceptors (Lipinski definition) is 5. The first-order valence-electron chi connectivity index (χ1n) is 10.8. The van der Waals surface area contributed by atoms with Gasteiger partial charge in [0.2, 0.25) is 5.88 Å². The molecule has 0 fully saturated rings. The van der Waals surface area contributed by atoms with Crippen LogP contribution in [0.2, 0.25) is 0 Å². The highest BCUT2D eigenvalue weighted by Gasteiger charge is 2.43. The van der Waals surface area contributed by atoms with Crippen LogP contribution in [-0.4, -0.2) is 25.4 Å². The molecule has 158 valence electrons. The Kier molecular flexibility index (Phi) is 4.05. The highest BCUT2D eigenvalue weighted by Crippen LogP contribution is 2.50. The summed E-state index contributed by atoms with van der Waals surface area (Å²) in [5.74, 6) is 1.68. The number of rotatable bonds is 2. The smallest absolute Gasteiger partial charge is 0.228 e. The molecule has 6 nitrogen and oxygen atoms in total. The lowest BCUT2D eigenvalue weighted by atomic mass is 9.70. The fourth-order valence-corrected chi connectivity index (χ4v) is 4.83. The fraction of sp³-hybridized carbons (Fsp3) is 0.231. The first-order chi connectivity index (χ1) is 15.5. The van der Waals surface area contributed by atoms with Gasteiger partial charge in [-0.1, -0.05) is 74.5 Å². The maximum atomic E-state index is 13.4. The average molecular weight is 422 g/mol. The number of nitrogens with zero attached hydrogens (tertiary/aromatic N) is 4. The lowest BCUT2D eigenvalue weighted by Gasteiger charge is -2.37. The first-order valence-corrected chi connectivity index (χ1v) is 10.8. The zero-order valence-corrected chi connectivity index (χ0v) is 17.9. The summed E-state index contributed by atoms with van der Waals surface area (Å²) >= 11 is 0. The van der Waals surface area contributed by atoms with Crippen LogP contribution in [0, 0.1) is 5.41 Å². The van der Waals surface area contributed by atoms with E-state index in [4.69, 9.17) is 9.72 Å². The molecule has 2 aromatic heterocycles. The van der Waals surface area contributed by atoms with Crippen molar-refractivity contribution in [3.63, 3.8) is 0 Å². The minimum Gasteiger partial charge on any atom is -0.442 e. The van der Waals surface area contributed by atoms with Crippen molar-refractivity contribution in [3.05, 3.63) is 89.5 Å². The van der Waals surface area contributed by atoms with Gasteiger partial charge in [0, 0.05) is 29.9 Å². The van der Waals surface area contributed by atoms with Gasteiger partial charge < -0.3 is 4.74 Å². The van der Waals surface area contributed by atoms with Crippen molar-refractivity contribution >= 4 is 11.4 Å². The van der Waals surface area contributed by atoms with E-state index in [-0.39, 0.29) is 17.1 Å². The van der Waals surface area contributed by atoms with Crippen molar-refractivity contribution in [1.82, 2.24) is 19.6 Å². The van der Waals surface area contributed by atoms with Crippen LogP contribution in [0.3, 0.4) is 0 Å². The summed E-state index contributed by atoms with van der Waals surface area (Å²) in [5, 5.41) is 4.65. The maximum Gasteiger partial charge on any atom is 0.228 e. The summed E-state index contributed by atoms with van der Waals surface area (Å²) in [5.41, 5.74) is 3.98. The van der Waals surface area contributed by atoms with E-state index in [0.29, 0.717) is 30.2 Å². The number of carbonyl (C=O) groups is 1. The van der Waals surface area contributed by atoms with Gasteiger partial charge in [-0.05, 0) is 11.0 Å². The third kappa shape index (κ3) is 2.94. The Morgan fingerprint density at radius 2 is 1.72 bits per heavy atom. The summed E-state index contributed by atoms with van der Waals surface area (Å²) < 4.78 is 7.97. The van der Waals surface area contributed by atoms with Gasteiger partial charge in [-0.3, -0.25) is 4.79 Å². The number of carbonyl (C=O) groups excluding carboxylic acids is 1. The van der Waals surface area contributed by atoms with Crippen molar-refractivity contribution in [2.75, 3.05) is 0 Å². The third-order valence-electron chi connectivity index (χ3n) is 6.23. The Balaban J connectivity index is 1.61. The topological polar surface area (TPSA) is 69.4 Å². The van der Waals surface area contributed by atoms with Gasteiger partial charge in [-0.15, -0.1) is 5.10 Å². The highest BCUT2D eigenvalue weighted by atomic mass is 16.5. The number of benzene rings is 2. The van der Waals surface area contributed by atoms with Crippen LogP contribution in [0.5, 0.6) is 5.88 Å². The number of ketones is 1. The van der Waals surface area contributed by atoms with Crippen molar-refractivity contribution in [2.24, 2.45) is 5.41 Å². The second-order valence-corrected chi connectivity index (χ2v) is 9.26. The average Bonchev–Trinajstić information content (AvgIpc) is 3.23. The van der Waals surface area contributed by atoms with Gasteiger partial charge in [0.15, 0.2) is 17.3 Å². The molecule has 6 heteroatoms. The molecule has 4 aromatic rings. The van der Waals surface area contributed by atoms with Crippen LogP contribution in [0.4, 0.5) is 0 Å². The van der Waals surface area contributed by atoms with E-state index < -0.39 is 0 Å². The van der Waals surface area contributed by atoms with Crippen molar-refractivity contribution < 1.29 is 9.53 Å². The van der Waals surface area contributed by atoms with E-state index in [2.05, 4.69) is 36.1 Å². The standard InChI is InChI=1S/C26H22N4O2/c1-26(2)13-18(31)21-19(14-26)32-25-22(20(21)16-9-5-3-6-10-16)24-28-23(29-30(24)15-27-25)17-11-7-4-8-12-17/h3-12,15,20H,13-14H2,1-2H3/t20-/m1/s1. The molecule has 1 atom stereocenters. The predicted octanol–water partition coefficient (Wildman–Crippen LogP) is 4.96. The first kappa shape index (κ1) is 18.9. The summed E-state index contributed by atoms with van der Waals surface area (Å²) in [7, 11) is 0. The number of Topliss-reactive ketones (excluding diaryl/α,β-unsaturated/α-hetero) is 1. The Morgan fingerprint density at radius 3 is 2.47 bits per heavy atom. The molecular weight excluding hydrogens is 400 g/mol. The fourth-order valence-electron chi connectivity index (χ4n) is 4.83. The molecule has 0 saturated carbocycles. The van der Waals surface area contributed by atoms with E-state index in [0.717, 1.165) is 28.0 Å². The summed E-state index contributed by atoms with van der Waals surface area (Å²) in [6.07, 6.45) is 2.83. The normalized spacial score (nSPS) is 19.4. The lowest BCUT2D eigenvalue weighted by Crippen LogP contribution is -2.33. The quantitative estimate of drug-likeness (QED) is 0.457. The monoisotopic (exact) mass is 422 g/mol. The van der Waals surface area contributed by atoms with Gasteiger partial charge in [0.05, 0.1) is 5.56 Å². The molecule has 0 radical (unpaired) electrons. The Morgan fingerprint density at radius 1 is 1.00 bits per heavy atom. The largest absolute Gasteiger partial charge is 0.442 e. The summed E-state index contributed by atoms with van der Waals surface area (Å²) in [4.78, 5) is 22.8. The number of aromatic nitrogens is 4. The molecule has 0 bridgehead atoms. The SMILES string of the molecule is CC1(C)CC(=O)C2=C(C1)Oc1ncn3nc(-c4ccccc4)nc3c1[C@@H]2c1ccccc1. The van der Waals surface area contributed by atoms with Crippen molar-refractivity contribution in [3.8, 4) is 17.3 Å². The maximum absolute atomic E-state index is 13.4. The molecular formula is C26H22N4O2. The van der Waals surface area contributed by atoms with Crippen LogP contribution < -0.4 is 4.74 Å². The second kappa shape index (κ2) is 6.85. The number of allylic oxidation sites excluding steroid dienone is 2. The highest BCUT2D eigenvalue weighted by molar-refractivity contribution is 6.00. The molecule has 0 N–H and O–H groups in total. The van der Waals surface area contributed by atoms with E-state index in [1.807, 2.05) is 48.5 Å². The third-order valence-corrected chi connectivity index (χ3v) is 6.23. The molecule has 3 heterocycles. The minimum absolute atomic E-state index is 0.126. The van der Waals surface area contributed by atoms with Crippen LogP contribution in [0.1, 0.15) is 43.7 Å². The second-order valence-electron chi connectivity index (χ2n) is 9.26. The molecule has 32 heavy (non-hydrogen) atoms. The van der Waals surface area contributed by atoms with Gasteiger partial charge in [0.1, 0.15) is 12.1 Å². The zero-order chi connectivity index (χ0) is 21.9. The Hall–Kier alpha value is -3.80. The van der Waals surface area contributed by atoms with Gasteiger partial charge in [0.25, 0.3) is 0 Å². The molecule has 0 saturated heterocycles. The van der Waals surface area contributed by atoms with E-state index >= 15 is 0 Å². The number of ether oxygens (including phenoxy) is 1. The van der Waals surface area contributed by atoms with Crippen LogP contribution in [0.15, 0.2) is 78.3 Å². The van der Waals surface area contributed by atoms with E-state index in [1.54, 1.807) is 10.8 Å². The molecule has 6 rings (SSSR count). The predicted molar refractivity (Wildman–Crippen MR) is 120 cm³/mol. The number of hydrogen-bond donors (Lipinski definition) is 0. The van der Waals surface area contributed by atoms with E-state index in [1.165, 1.54) is 0 Å². The molecule has 2 aliphatic rings. The van der Waals surface area contributed by atoms with Crippen LogP contribution >= 0.6 is 0 Å². The van der Waals surface area contributed by atoms with Crippen molar-refractivity contribution in [1.29, 1.82) is 0 Å².